The molecule has 0 N–H and O–H groups in total. The number of hydrogen-bond donors (Lipinski definition) is 0. The summed E-state index contributed by atoms with van der Waals surface area (Å²) in [7, 11) is 6.64. The Morgan fingerprint density at radius 1 is 0.609 bits per heavy atom. The third-order valence-corrected chi connectivity index (χ3v) is 4.46. The Morgan fingerprint density at radius 3 is 1.35 bits per heavy atom. The fourth-order valence-electron chi connectivity index (χ4n) is 3.10. The van der Waals surface area contributed by atoms with E-state index in [1.54, 1.807) is 28.4 Å². The molecule has 0 spiro atoms. The van der Waals surface area contributed by atoms with Gasteiger partial charge in [0, 0.05) is 0 Å². The van der Waals surface area contributed by atoms with Crippen molar-refractivity contribution in [3.8, 4) is 23.0 Å². The van der Waals surface area contributed by atoms with Crippen LogP contribution in [0.4, 0.5) is 0 Å². The highest BCUT2D eigenvalue weighted by Crippen LogP contribution is 2.56. The summed E-state index contributed by atoms with van der Waals surface area (Å²) in [5, 5.41) is 0. The summed E-state index contributed by atoms with van der Waals surface area (Å²) in [6, 6.07) is 12.3. The SMILES string of the molecule is COc1ccc([C@H]2C[C@@H]2c2ccc(OC)c(OC)c2)cc1OC. The first-order valence-electron chi connectivity index (χ1n) is 7.65. The van der Waals surface area contributed by atoms with E-state index < -0.39 is 0 Å². The molecule has 0 aromatic heterocycles. The third-order valence-electron chi connectivity index (χ3n) is 4.46. The van der Waals surface area contributed by atoms with Crippen LogP contribution in [0.2, 0.25) is 0 Å². The maximum Gasteiger partial charge on any atom is 0.160 e. The Morgan fingerprint density at radius 2 is 1.00 bits per heavy atom. The van der Waals surface area contributed by atoms with E-state index in [2.05, 4.69) is 24.3 Å². The van der Waals surface area contributed by atoms with Gasteiger partial charge in [0.25, 0.3) is 0 Å². The summed E-state index contributed by atoms with van der Waals surface area (Å²) in [5.41, 5.74) is 2.56. The molecule has 0 heterocycles. The average molecular weight is 314 g/mol. The summed E-state index contributed by atoms with van der Waals surface area (Å²) in [5.74, 6) is 4.10. The van der Waals surface area contributed by atoms with Gasteiger partial charge in [-0.1, -0.05) is 12.1 Å². The van der Waals surface area contributed by atoms with Crippen LogP contribution in [0, 0.1) is 0 Å². The molecule has 1 aliphatic carbocycles. The average Bonchev–Trinajstić information content (AvgIpc) is 3.41. The topological polar surface area (TPSA) is 36.9 Å². The predicted molar refractivity (Wildman–Crippen MR) is 89.2 cm³/mol. The van der Waals surface area contributed by atoms with Gasteiger partial charge in [-0.2, -0.15) is 0 Å². The lowest BCUT2D eigenvalue weighted by molar-refractivity contribution is 0.354. The predicted octanol–water partition coefficient (Wildman–Crippen LogP) is 3.99. The summed E-state index contributed by atoms with van der Waals surface area (Å²) in [4.78, 5) is 0. The van der Waals surface area contributed by atoms with Gasteiger partial charge in [0.2, 0.25) is 0 Å². The number of methoxy groups -OCH3 is 4. The lowest BCUT2D eigenvalue weighted by atomic mass is 10.0. The van der Waals surface area contributed by atoms with Gasteiger partial charge in [-0.05, 0) is 53.6 Å². The molecule has 1 saturated carbocycles. The first kappa shape index (κ1) is 15.5. The summed E-state index contributed by atoms with van der Waals surface area (Å²) in [6.45, 7) is 0. The molecule has 1 aliphatic rings. The zero-order valence-electron chi connectivity index (χ0n) is 14.0. The molecule has 3 rings (SSSR count). The first-order valence-corrected chi connectivity index (χ1v) is 7.65. The minimum absolute atomic E-state index is 0.507. The Hall–Kier alpha value is -2.36. The zero-order chi connectivity index (χ0) is 16.4. The Bertz CT molecular complexity index is 636. The zero-order valence-corrected chi connectivity index (χ0v) is 14.0. The summed E-state index contributed by atoms with van der Waals surface area (Å²) >= 11 is 0. The van der Waals surface area contributed by atoms with Crippen LogP contribution in [0.25, 0.3) is 0 Å². The van der Waals surface area contributed by atoms with Crippen molar-refractivity contribution in [1.29, 1.82) is 0 Å². The Balaban J connectivity index is 1.82. The fourth-order valence-corrected chi connectivity index (χ4v) is 3.10. The maximum absolute atomic E-state index is 5.40. The third kappa shape index (κ3) is 2.93. The molecule has 122 valence electrons. The van der Waals surface area contributed by atoms with Crippen molar-refractivity contribution in [2.24, 2.45) is 0 Å². The van der Waals surface area contributed by atoms with Crippen molar-refractivity contribution >= 4 is 0 Å². The molecule has 2 aromatic carbocycles. The van der Waals surface area contributed by atoms with Crippen molar-refractivity contribution in [2.75, 3.05) is 28.4 Å². The van der Waals surface area contributed by atoms with Crippen LogP contribution in [0.5, 0.6) is 23.0 Å². The van der Waals surface area contributed by atoms with E-state index in [-0.39, 0.29) is 0 Å². The highest BCUT2D eigenvalue weighted by Gasteiger charge is 2.40. The quantitative estimate of drug-likeness (QED) is 0.808. The minimum Gasteiger partial charge on any atom is -0.493 e. The standard InChI is InChI=1S/C19H22O4/c1-20-16-7-5-12(9-18(16)22-3)14-11-15(14)13-6-8-17(21-2)19(10-13)23-4/h5-10,14-15H,11H2,1-4H3/t14-,15-/m1/s1. The van der Waals surface area contributed by atoms with Crippen LogP contribution >= 0.6 is 0 Å². The van der Waals surface area contributed by atoms with E-state index >= 15 is 0 Å². The molecule has 0 saturated heterocycles. The highest BCUT2D eigenvalue weighted by molar-refractivity contribution is 5.49. The first-order chi connectivity index (χ1) is 11.2. The van der Waals surface area contributed by atoms with E-state index in [1.165, 1.54) is 11.1 Å². The Kier molecular flexibility index (Phi) is 4.33. The van der Waals surface area contributed by atoms with Crippen molar-refractivity contribution in [1.82, 2.24) is 0 Å². The molecule has 4 heteroatoms. The van der Waals surface area contributed by atoms with Gasteiger partial charge >= 0.3 is 0 Å². The van der Waals surface area contributed by atoms with Crippen LogP contribution in [0.3, 0.4) is 0 Å². The van der Waals surface area contributed by atoms with Crippen LogP contribution in [0.15, 0.2) is 36.4 Å². The summed E-state index contributed by atoms with van der Waals surface area (Å²) in [6.07, 6.45) is 1.13. The van der Waals surface area contributed by atoms with E-state index in [0.717, 1.165) is 29.4 Å². The van der Waals surface area contributed by atoms with Gasteiger partial charge in [-0.3, -0.25) is 0 Å². The largest absolute Gasteiger partial charge is 0.493 e. The second kappa shape index (κ2) is 6.41. The van der Waals surface area contributed by atoms with Gasteiger partial charge in [0.15, 0.2) is 23.0 Å². The summed E-state index contributed by atoms with van der Waals surface area (Å²) < 4.78 is 21.4. The molecule has 0 radical (unpaired) electrons. The van der Waals surface area contributed by atoms with E-state index in [0.29, 0.717) is 11.8 Å². The second-order valence-electron chi connectivity index (χ2n) is 5.68. The molecule has 23 heavy (non-hydrogen) atoms. The van der Waals surface area contributed by atoms with Crippen LogP contribution < -0.4 is 18.9 Å². The minimum atomic E-state index is 0.507. The van der Waals surface area contributed by atoms with Crippen molar-refractivity contribution in [3.05, 3.63) is 47.5 Å². The number of benzene rings is 2. The van der Waals surface area contributed by atoms with Crippen LogP contribution in [-0.2, 0) is 0 Å². The maximum atomic E-state index is 5.40. The van der Waals surface area contributed by atoms with Gasteiger partial charge in [-0.15, -0.1) is 0 Å². The second-order valence-corrected chi connectivity index (χ2v) is 5.68. The highest BCUT2D eigenvalue weighted by atomic mass is 16.5. The van der Waals surface area contributed by atoms with Crippen LogP contribution in [0.1, 0.15) is 29.4 Å². The molecule has 4 nitrogen and oxygen atoms in total. The molecule has 2 atom stereocenters. The number of ether oxygens (including phenoxy) is 4. The molecular formula is C19H22O4. The lowest BCUT2D eigenvalue weighted by Crippen LogP contribution is -1.94. The number of rotatable bonds is 6. The number of hydrogen-bond acceptors (Lipinski definition) is 4. The van der Waals surface area contributed by atoms with Crippen molar-refractivity contribution in [3.63, 3.8) is 0 Å². The smallest absolute Gasteiger partial charge is 0.160 e. The molecule has 0 aliphatic heterocycles. The van der Waals surface area contributed by atoms with E-state index in [4.69, 9.17) is 18.9 Å². The van der Waals surface area contributed by atoms with E-state index in [1.807, 2.05) is 12.1 Å². The van der Waals surface area contributed by atoms with Crippen molar-refractivity contribution in [2.45, 2.75) is 18.3 Å². The molecule has 2 aromatic rings. The fraction of sp³-hybridized carbons (Fsp3) is 0.368. The molecule has 0 amide bonds. The molecular weight excluding hydrogens is 292 g/mol. The lowest BCUT2D eigenvalue weighted by Gasteiger charge is -2.11. The van der Waals surface area contributed by atoms with Gasteiger partial charge in [0.1, 0.15) is 0 Å². The molecule has 0 bridgehead atoms. The van der Waals surface area contributed by atoms with Crippen LogP contribution in [-0.4, -0.2) is 28.4 Å². The molecule has 1 fully saturated rings. The van der Waals surface area contributed by atoms with Gasteiger partial charge in [0.05, 0.1) is 28.4 Å². The van der Waals surface area contributed by atoms with Gasteiger partial charge in [-0.25, -0.2) is 0 Å². The normalized spacial score (nSPS) is 19.1. The monoisotopic (exact) mass is 314 g/mol. The Labute approximate surface area is 136 Å². The van der Waals surface area contributed by atoms with Gasteiger partial charge < -0.3 is 18.9 Å². The van der Waals surface area contributed by atoms with Crippen molar-refractivity contribution < 1.29 is 18.9 Å². The molecule has 0 unspecified atom stereocenters. The van der Waals surface area contributed by atoms with E-state index in [9.17, 15) is 0 Å².